The number of carbonyl (C=O) groups is 4. The summed E-state index contributed by atoms with van der Waals surface area (Å²) in [4.78, 5) is 53.6. The van der Waals surface area contributed by atoms with Gasteiger partial charge in [0, 0.05) is 17.7 Å². The molecular formula is C35H26Cl2N2O4. The minimum Gasteiger partial charge on any atom is -0.324 e. The van der Waals surface area contributed by atoms with Crippen LogP contribution in [0.2, 0.25) is 0 Å². The van der Waals surface area contributed by atoms with Crippen molar-refractivity contribution < 1.29 is 19.2 Å². The molecule has 0 unspecified atom stereocenters. The Bertz CT molecular complexity index is 1720. The third kappa shape index (κ3) is 3.86. The molecule has 43 heavy (non-hydrogen) atoms. The second-order valence-electron chi connectivity index (χ2n) is 11.3. The number of likely N-dealkylation sites (tertiary alicyclic amines) is 1. The van der Waals surface area contributed by atoms with Gasteiger partial charge in [-0.15, -0.1) is 23.2 Å². The fourth-order valence-electron chi connectivity index (χ4n) is 7.18. The van der Waals surface area contributed by atoms with Gasteiger partial charge in [0.05, 0.1) is 11.8 Å². The number of benzene rings is 4. The van der Waals surface area contributed by atoms with Crippen molar-refractivity contribution in [2.75, 3.05) is 5.32 Å². The zero-order valence-electron chi connectivity index (χ0n) is 23.1. The number of rotatable bonds is 6. The smallest absolute Gasteiger partial charge is 0.248 e. The highest BCUT2D eigenvalue weighted by Gasteiger charge is 2.73. The maximum atomic E-state index is 14.6. The van der Waals surface area contributed by atoms with Crippen molar-refractivity contribution in [3.63, 3.8) is 0 Å². The van der Waals surface area contributed by atoms with E-state index in [1.807, 2.05) is 78.9 Å². The van der Waals surface area contributed by atoms with E-state index in [4.69, 9.17) is 23.2 Å². The summed E-state index contributed by atoms with van der Waals surface area (Å²) < 4.78 is 0. The lowest BCUT2D eigenvalue weighted by Crippen LogP contribution is -2.57. The highest BCUT2D eigenvalue weighted by molar-refractivity contribution is 6.36. The van der Waals surface area contributed by atoms with E-state index >= 15 is 0 Å². The molecule has 8 heteroatoms. The molecule has 1 saturated heterocycles. The number of nitrogens with one attached hydrogen (secondary N) is 1. The molecule has 2 bridgehead atoms. The summed E-state index contributed by atoms with van der Waals surface area (Å²) in [6.45, 7) is 1.44. The van der Waals surface area contributed by atoms with Gasteiger partial charge in [0.2, 0.25) is 17.7 Å². The molecule has 8 rings (SSSR count). The SMILES string of the molecule is CC(=O)c1cccc(NC(=O)[C@@H](Cc2ccccc2)N2C(=O)[C@@H]3[C@H](C2=O)C2(Cl)c4ccccc4C3(Cl)c3ccccc32)c1. The largest absolute Gasteiger partial charge is 0.324 e. The third-order valence-corrected chi connectivity index (χ3v) is 10.3. The van der Waals surface area contributed by atoms with E-state index in [1.54, 1.807) is 24.3 Å². The van der Waals surface area contributed by atoms with Crippen molar-refractivity contribution in [2.45, 2.75) is 29.1 Å². The Hall–Kier alpha value is -4.26. The number of carbonyl (C=O) groups excluding carboxylic acids is 4. The van der Waals surface area contributed by atoms with Crippen molar-refractivity contribution in [1.82, 2.24) is 4.90 Å². The van der Waals surface area contributed by atoms with Crippen LogP contribution in [-0.2, 0) is 30.6 Å². The molecule has 0 aromatic heterocycles. The van der Waals surface area contributed by atoms with Crippen LogP contribution in [0.25, 0.3) is 0 Å². The van der Waals surface area contributed by atoms with Gasteiger partial charge in [-0.25, -0.2) is 0 Å². The topological polar surface area (TPSA) is 83.6 Å². The number of nitrogens with zero attached hydrogens (tertiary/aromatic N) is 1. The molecule has 4 aliphatic rings. The van der Waals surface area contributed by atoms with Crippen molar-refractivity contribution in [3.8, 4) is 0 Å². The minimum absolute atomic E-state index is 0.0838. The predicted octanol–water partition coefficient (Wildman–Crippen LogP) is 6.03. The molecule has 214 valence electrons. The summed E-state index contributed by atoms with van der Waals surface area (Å²) in [6.07, 6.45) is 0.0838. The number of imide groups is 1. The van der Waals surface area contributed by atoms with Crippen LogP contribution in [0.1, 0.15) is 45.1 Å². The average Bonchev–Trinajstić information content (AvgIpc) is 3.29. The van der Waals surface area contributed by atoms with Crippen LogP contribution in [0.3, 0.4) is 0 Å². The molecule has 1 heterocycles. The summed E-state index contributed by atoms with van der Waals surface area (Å²) in [6, 6.07) is 29.4. The molecule has 0 saturated carbocycles. The van der Waals surface area contributed by atoms with E-state index in [9.17, 15) is 19.2 Å². The number of anilines is 1. The summed E-state index contributed by atoms with van der Waals surface area (Å²) in [7, 11) is 0. The van der Waals surface area contributed by atoms with E-state index in [2.05, 4.69) is 5.32 Å². The first-order valence-electron chi connectivity index (χ1n) is 14.1. The molecule has 3 atom stereocenters. The van der Waals surface area contributed by atoms with Gasteiger partial charge in [-0.2, -0.15) is 0 Å². The first kappa shape index (κ1) is 27.6. The fourth-order valence-corrected chi connectivity index (χ4v) is 8.27. The van der Waals surface area contributed by atoms with Gasteiger partial charge in [-0.05, 0) is 46.9 Å². The summed E-state index contributed by atoms with van der Waals surface area (Å²) >= 11 is 15.2. The molecule has 0 radical (unpaired) electrons. The van der Waals surface area contributed by atoms with E-state index in [0.717, 1.165) is 10.5 Å². The zero-order valence-corrected chi connectivity index (χ0v) is 24.6. The Morgan fingerprint density at radius 1 is 0.744 bits per heavy atom. The van der Waals surface area contributed by atoms with Crippen molar-refractivity contribution in [1.29, 1.82) is 0 Å². The maximum absolute atomic E-state index is 14.6. The number of hydrogen-bond donors (Lipinski definition) is 1. The summed E-state index contributed by atoms with van der Waals surface area (Å²) in [5.74, 6) is -3.81. The highest BCUT2D eigenvalue weighted by atomic mass is 35.5. The van der Waals surface area contributed by atoms with Crippen LogP contribution in [0, 0.1) is 11.8 Å². The summed E-state index contributed by atoms with van der Waals surface area (Å²) in [5, 5.41) is 2.84. The van der Waals surface area contributed by atoms with Gasteiger partial charge in [-0.1, -0.05) is 91.0 Å². The van der Waals surface area contributed by atoms with Crippen LogP contribution in [0.4, 0.5) is 5.69 Å². The molecule has 0 spiro atoms. The van der Waals surface area contributed by atoms with Crippen LogP contribution in [-0.4, -0.2) is 34.4 Å². The number of alkyl halides is 2. The molecule has 1 fully saturated rings. The normalized spacial score (nSPS) is 25.5. The Morgan fingerprint density at radius 3 is 1.72 bits per heavy atom. The van der Waals surface area contributed by atoms with Gasteiger partial charge in [0.1, 0.15) is 15.8 Å². The monoisotopic (exact) mass is 608 g/mol. The van der Waals surface area contributed by atoms with E-state index in [0.29, 0.717) is 33.5 Å². The Labute approximate surface area is 258 Å². The predicted molar refractivity (Wildman–Crippen MR) is 164 cm³/mol. The first-order chi connectivity index (χ1) is 20.7. The van der Waals surface area contributed by atoms with Crippen LogP contribution in [0.15, 0.2) is 103 Å². The average molecular weight is 610 g/mol. The maximum Gasteiger partial charge on any atom is 0.248 e. The zero-order chi connectivity index (χ0) is 30.1. The highest BCUT2D eigenvalue weighted by Crippen LogP contribution is 2.69. The summed E-state index contributed by atoms with van der Waals surface area (Å²) in [5.41, 5.74) is 4.36. The molecule has 4 aromatic carbocycles. The minimum atomic E-state index is -1.35. The molecule has 6 nitrogen and oxygen atoms in total. The van der Waals surface area contributed by atoms with E-state index < -0.39 is 45.3 Å². The van der Waals surface area contributed by atoms with Crippen LogP contribution in [0.5, 0.6) is 0 Å². The van der Waals surface area contributed by atoms with Crippen LogP contribution < -0.4 is 5.32 Å². The lowest BCUT2D eigenvalue weighted by atomic mass is 9.54. The second kappa shape index (κ2) is 9.90. The second-order valence-corrected chi connectivity index (χ2v) is 12.5. The number of hydrogen-bond acceptors (Lipinski definition) is 4. The Morgan fingerprint density at radius 2 is 1.23 bits per heavy atom. The fraction of sp³-hybridized carbons (Fsp3) is 0.200. The Kier molecular flexibility index (Phi) is 6.35. The lowest BCUT2D eigenvalue weighted by molar-refractivity contribution is -0.146. The molecule has 1 N–H and O–H groups in total. The van der Waals surface area contributed by atoms with Gasteiger partial charge in [0.15, 0.2) is 5.78 Å². The van der Waals surface area contributed by atoms with E-state index in [-0.39, 0.29) is 12.2 Å². The first-order valence-corrected chi connectivity index (χ1v) is 14.8. The Balaban J connectivity index is 1.35. The molecular weight excluding hydrogens is 583 g/mol. The standard InChI is InChI=1S/C35H26Cl2N2O4/c1-20(40)22-12-9-13-23(19-22)38-31(41)28(18-21-10-3-2-4-11-21)39-32(42)29-30(33(39)43)35(37)25-15-6-5-14-24(25)34(29,36)26-16-7-8-17-27(26)35/h2-17,19,28-30H,18H2,1H3,(H,38,41)/t28-,29-,30+,34?,35?/m1/s1. The molecule has 1 aliphatic heterocycles. The van der Waals surface area contributed by atoms with Crippen LogP contribution >= 0.6 is 23.2 Å². The van der Waals surface area contributed by atoms with Gasteiger partial charge >= 0.3 is 0 Å². The molecule has 4 aromatic rings. The number of ketones is 1. The third-order valence-electron chi connectivity index (χ3n) is 9.04. The van der Waals surface area contributed by atoms with Crippen molar-refractivity contribution >= 4 is 52.4 Å². The lowest BCUT2D eigenvalue weighted by Gasteiger charge is -2.54. The van der Waals surface area contributed by atoms with Gasteiger partial charge in [-0.3, -0.25) is 24.1 Å². The van der Waals surface area contributed by atoms with E-state index in [1.165, 1.54) is 6.92 Å². The van der Waals surface area contributed by atoms with Gasteiger partial charge < -0.3 is 5.32 Å². The molecule has 3 amide bonds. The molecule has 3 aliphatic carbocycles. The van der Waals surface area contributed by atoms with Crippen molar-refractivity contribution in [3.05, 3.63) is 137 Å². The number of halogens is 2. The van der Waals surface area contributed by atoms with Crippen molar-refractivity contribution in [2.24, 2.45) is 11.8 Å². The number of amides is 3. The van der Waals surface area contributed by atoms with Gasteiger partial charge in [0.25, 0.3) is 0 Å². The number of Topliss-reactive ketones (excluding diaryl/α,β-unsaturated/α-hetero) is 1. The quantitative estimate of drug-likeness (QED) is 0.164.